The summed E-state index contributed by atoms with van der Waals surface area (Å²) in [6, 6.07) is 8.05. The molecule has 0 amide bonds. The van der Waals surface area contributed by atoms with Crippen molar-refractivity contribution in [2.24, 2.45) is 5.92 Å². The average Bonchev–Trinajstić information content (AvgIpc) is 2.37. The van der Waals surface area contributed by atoms with Gasteiger partial charge in [0, 0.05) is 13.2 Å². The molecule has 0 heterocycles. The van der Waals surface area contributed by atoms with Crippen LogP contribution in [-0.4, -0.2) is 24.9 Å². The van der Waals surface area contributed by atoms with Gasteiger partial charge in [0.2, 0.25) is 0 Å². The Morgan fingerprint density at radius 1 is 1.17 bits per heavy atom. The fraction of sp³-hybridized carbons (Fsp3) is 0.600. The van der Waals surface area contributed by atoms with Gasteiger partial charge >= 0.3 is 0 Å². The Bertz CT molecular complexity index is 326. The first-order chi connectivity index (χ1) is 8.74. The molecule has 18 heavy (non-hydrogen) atoms. The highest BCUT2D eigenvalue weighted by Crippen LogP contribution is 2.24. The van der Waals surface area contributed by atoms with Crippen molar-refractivity contribution in [2.75, 3.05) is 25.1 Å². The normalized spacial score (nSPS) is 10.7. The maximum atomic E-state index is 8.71. The van der Waals surface area contributed by atoms with E-state index in [0.717, 1.165) is 43.9 Å². The minimum absolute atomic E-state index is 0.286. The lowest BCUT2D eigenvalue weighted by molar-refractivity contribution is 0.272. The van der Waals surface area contributed by atoms with Crippen molar-refractivity contribution < 1.29 is 9.84 Å². The van der Waals surface area contributed by atoms with Crippen LogP contribution in [0.5, 0.6) is 5.75 Å². The maximum absolute atomic E-state index is 8.71. The molecule has 0 aromatic heterocycles. The number of rotatable bonds is 9. The molecule has 1 aromatic carbocycles. The number of anilines is 1. The Morgan fingerprint density at radius 3 is 2.67 bits per heavy atom. The zero-order valence-electron chi connectivity index (χ0n) is 11.5. The van der Waals surface area contributed by atoms with Crippen molar-refractivity contribution in [1.82, 2.24) is 0 Å². The molecular formula is C15H25NO2. The lowest BCUT2D eigenvalue weighted by Crippen LogP contribution is -2.08. The number of para-hydroxylation sites is 2. The summed E-state index contributed by atoms with van der Waals surface area (Å²) in [4.78, 5) is 0. The van der Waals surface area contributed by atoms with E-state index in [-0.39, 0.29) is 6.61 Å². The summed E-state index contributed by atoms with van der Waals surface area (Å²) in [6.07, 6.45) is 3.00. The van der Waals surface area contributed by atoms with Crippen molar-refractivity contribution in [2.45, 2.75) is 33.1 Å². The van der Waals surface area contributed by atoms with Gasteiger partial charge < -0.3 is 15.2 Å². The zero-order chi connectivity index (χ0) is 13.2. The summed E-state index contributed by atoms with van der Waals surface area (Å²) in [5.74, 6) is 1.45. The van der Waals surface area contributed by atoms with E-state index in [1.165, 1.54) is 0 Å². The predicted molar refractivity (Wildman–Crippen MR) is 76.2 cm³/mol. The number of benzene rings is 1. The van der Waals surface area contributed by atoms with Crippen LogP contribution in [0.2, 0.25) is 0 Å². The number of unbranched alkanes of at least 4 members (excludes halogenated alkanes) is 2. The molecule has 0 fully saturated rings. The van der Waals surface area contributed by atoms with Gasteiger partial charge in [-0.15, -0.1) is 0 Å². The Morgan fingerprint density at radius 2 is 1.94 bits per heavy atom. The van der Waals surface area contributed by atoms with Crippen molar-refractivity contribution in [3.8, 4) is 5.75 Å². The quantitative estimate of drug-likeness (QED) is 0.662. The average molecular weight is 251 g/mol. The standard InChI is InChI=1S/C15H25NO2/c1-13(2)12-18-15-9-5-4-8-14(15)16-10-6-3-7-11-17/h4-5,8-9,13,16-17H,3,6-7,10-12H2,1-2H3. The summed E-state index contributed by atoms with van der Waals surface area (Å²) < 4.78 is 5.77. The first-order valence-electron chi connectivity index (χ1n) is 6.80. The highest BCUT2D eigenvalue weighted by molar-refractivity contribution is 5.56. The van der Waals surface area contributed by atoms with E-state index in [4.69, 9.17) is 9.84 Å². The molecule has 0 spiro atoms. The van der Waals surface area contributed by atoms with Crippen LogP contribution in [0.3, 0.4) is 0 Å². The van der Waals surface area contributed by atoms with Crippen LogP contribution >= 0.6 is 0 Å². The van der Waals surface area contributed by atoms with Crippen LogP contribution in [0, 0.1) is 5.92 Å². The summed E-state index contributed by atoms with van der Waals surface area (Å²) in [6.45, 7) is 6.23. The van der Waals surface area contributed by atoms with Gasteiger partial charge in [-0.05, 0) is 37.3 Å². The van der Waals surface area contributed by atoms with Crippen molar-refractivity contribution in [3.05, 3.63) is 24.3 Å². The molecule has 102 valence electrons. The second-order valence-electron chi connectivity index (χ2n) is 4.91. The van der Waals surface area contributed by atoms with Crippen LogP contribution < -0.4 is 10.1 Å². The number of aliphatic hydroxyl groups excluding tert-OH is 1. The molecule has 0 radical (unpaired) electrons. The van der Waals surface area contributed by atoms with Gasteiger partial charge in [0.15, 0.2) is 0 Å². The van der Waals surface area contributed by atoms with E-state index in [0.29, 0.717) is 5.92 Å². The summed E-state index contributed by atoms with van der Waals surface area (Å²) in [7, 11) is 0. The minimum atomic E-state index is 0.286. The molecule has 0 saturated heterocycles. The van der Waals surface area contributed by atoms with Gasteiger partial charge in [-0.1, -0.05) is 26.0 Å². The molecule has 1 rings (SSSR count). The van der Waals surface area contributed by atoms with E-state index >= 15 is 0 Å². The highest BCUT2D eigenvalue weighted by atomic mass is 16.5. The summed E-state index contributed by atoms with van der Waals surface area (Å²) in [5, 5.41) is 12.1. The summed E-state index contributed by atoms with van der Waals surface area (Å²) in [5.41, 5.74) is 1.06. The molecule has 0 aliphatic heterocycles. The Kier molecular flexibility index (Phi) is 7.26. The SMILES string of the molecule is CC(C)COc1ccccc1NCCCCCO. The predicted octanol–water partition coefficient (Wildman–Crippen LogP) is 3.30. The molecule has 1 aromatic rings. The van der Waals surface area contributed by atoms with Crippen LogP contribution in [0.1, 0.15) is 33.1 Å². The van der Waals surface area contributed by atoms with Gasteiger partial charge in [-0.25, -0.2) is 0 Å². The zero-order valence-corrected chi connectivity index (χ0v) is 11.5. The van der Waals surface area contributed by atoms with Gasteiger partial charge in [-0.2, -0.15) is 0 Å². The number of ether oxygens (including phenoxy) is 1. The molecular weight excluding hydrogens is 226 g/mol. The Hall–Kier alpha value is -1.22. The smallest absolute Gasteiger partial charge is 0.142 e. The minimum Gasteiger partial charge on any atom is -0.491 e. The number of aliphatic hydroxyl groups is 1. The topological polar surface area (TPSA) is 41.5 Å². The lowest BCUT2D eigenvalue weighted by atomic mass is 10.2. The van der Waals surface area contributed by atoms with Crippen molar-refractivity contribution in [1.29, 1.82) is 0 Å². The fourth-order valence-electron chi connectivity index (χ4n) is 1.63. The molecule has 0 saturated carbocycles. The van der Waals surface area contributed by atoms with Crippen LogP contribution in [-0.2, 0) is 0 Å². The monoisotopic (exact) mass is 251 g/mol. The van der Waals surface area contributed by atoms with Crippen molar-refractivity contribution in [3.63, 3.8) is 0 Å². The highest BCUT2D eigenvalue weighted by Gasteiger charge is 2.03. The molecule has 0 aliphatic carbocycles. The van der Waals surface area contributed by atoms with Gasteiger partial charge in [-0.3, -0.25) is 0 Å². The summed E-state index contributed by atoms with van der Waals surface area (Å²) >= 11 is 0. The van der Waals surface area contributed by atoms with E-state index in [1.54, 1.807) is 0 Å². The lowest BCUT2D eigenvalue weighted by Gasteiger charge is -2.14. The Labute approximate surface area is 110 Å². The molecule has 0 atom stereocenters. The maximum Gasteiger partial charge on any atom is 0.142 e. The molecule has 0 aliphatic rings. The van der Waals surface area contributed by atoms with Crippen LogP contribution in [0.4, 0.5) is 5.69 Å². The van der Waals surface area contributed by atoms with Gasteiger partial charge in [0.05, 0.1) is 12.3 Å². The second kappa shape index (κ2) is 8.81. The van der Waals surface area contributed by atoms with E-state index in [2.05, 4.69) is 19.2 Å². The van der Waals surface area contributed by atoms with Crippen LogP contribution in [0.25, 0.3) is 0 Å². The largest absolute Gasteiger partial charge is 0.491 e. The van der Waals surface area contributed by atoms with Gasteiger partial charge in [0.1, 0.15) is 5.75 Å². The Balaban J connectivity index is 2.38. The van der Waals surface area contributed by atoms with E-state index in [1.807, 2.05) is 24.3 Å². The number of nitrogens with one attached hydrogen (secondary N) is 1. The fourth-order valence-corrected chi connectivity index (χ4v) is 1.63. The van der Waals surface area contributed by atoms with E-state index in [9.17, 15) is 0 Å². The number of hydrogen-bond acceptors (Lipinski definition) is 3. The molecule has 0 bridgehead atoms. The third kappa shape index (κ3) is 5.92. The molecule has 3 nitrogen and oxygen atoms in total. The first kappa shape index (κ1) is 14.8. The molecule has 3 heteroatoms. The number of hydrogen-bond donors (Lipinski definition) is 2. The van der Waals surface area contributed by atoms with Crippen molar-refractivity contribution >= 4 is 5.69 Å². The van der Waals surface area contributed by atoms with Crippen LogP contribution in [0.15, 0.2) is 24.3 Å². The third-order valence-corrected chi connectivity index (χ3v) is 2.61. The molecule has 0 unspecified atom stereocenters. The second-order valence-corrected chi connectivity index (χ2v) is 4.91. The first-order valence-corrected chi connectivity index (χ1v) is 6.80. The van der Waals surface area contributed by atoms with Gasteiger partial charge in [0.25, 0.3) is 0 Å². The van der Waals surface area contributed by atoms with E-state index < -0.39 is 0 Å². The molecule has 2 N–H and O–H groups in total. The third-order valence-electron chi connectivity index (χ3n) is 2.61.